The predicted molar refractivity (Wildman–Crippen MR) is 178 cm³/mol. The van der Waals surface area contributed by atoms with Crippen LogP contribution >= 0.6 is 0 Å². The molecule has 46 heavy (non-hydrogen) atoms. The number of benzene rings is 3. The first kappa shape index (κ1) is 37.1. The van der Waals surface area contributed by atoms with E-state index in [1.165, 1.54) is 26.4 Å². The second-order valence-corrected chi connectivity index (χ2v) is 11.1. The first-order valence-corrected chi connectivity index (χ1v) is 14.7. The molecule has 11 heteroatoms. The Morgan fingerprint density at radius 1 is 0.913 bits per heavy atom. The number of nitrogens with one attached hydrogen (secondary N) is 1. The average molecular weight is 661 g/mol. The number of methoxy groups -OCH3 is 2. The summed E-state index contributed by atoms with van der Waals surface area (Å²) in [6.45, 7) is 4.17. The standard InChI is InChI=1S/C35H39FN2O7.Ca.2H/c1-21(2)33-32(35(43)37-25-16-28(44-3)20-29(17-25)45-4)31(22-8-6-5-7-9-22)34(23-10-12-24(36)13-11-23)38(33)15-14-26(39)18-27(40)19-30(41)42;;;/h5-13,16-17,20-21,26-27,39-40H,14-15,18-19H2,1-4H3,(H,37,43)(H,41,42);;;/q;+2;2*-1. The van der Waals surface area contributed by atoms with Gasteiger partial charge in [0.25, 0.3) is 5.91 Å². The summed E-state index contributed by atoms with van der Waals surface area (Å²) in [4.78, 5) is 25.4. The Bertz CT molecular complexity index is 1610. The van der Waals surface area contributed by atoms with E-state index in [2.05, 4.69) is 5.32 Å². The van der Waals surface area contributed by atoms with Gasteiger partial charge in [0, 0.05) is 41.7 Å². The number of ether oxygens (including phenoxy) is 2. The van der Waals surface area contributed by atoms with Crippen molar-refractivity contribution in [3.63, 3.8) is 0 Å². The molecule has 9 nitrogen and oxygen atoms in total. The molecule has 0 radical (unpaired) electrons. The second kappa shape index (κ2) is 16.9. The minimum Gasteiger partial charge on any atom is -1.00 e. The Balaban J connectivity index is 0.00000384. The zero-order valence-corrected chi connectivity index (χ0v) is 28.7. The van der Waals surface area contributed by atoms with Crippen LogP contribution in [-0.4, -0.2) is 95.9 Å². The number of carbonyl (C=O) groups is 2. The van der Waals surface area contributed by atoms with E-state index in [0.717, 1.165) is 5.56 Å². The molecule has 2 atom stereocenters. The number of carboxylic acid groups (broad SMARTS) is 1. The first-order chi connectivity index (χ1) is 21.5. The normalized spacial score (nSPS) is 12.3. The zero-order chi connectivity index (χ0) is 32.7. The summed E-state index contributed by atoms with van der Waals surface area (Å²) in [6.07, 6.45) is -2.64. The summed E-state index contributed by atoms with van der Waals surface area (Å²) in [5.41, 5.74) is 4.30. The SMILES string of the molecule is COc1cc(NC(=O)c2c(-c3ccccc3)c(-c3ccc(F)cc3)n(CCC(O)CC(O)CC(=O)O)c2C(C)C)cc(OC)c1.[Ca+2].[H-].[H-]. The van der Waals surface area contributed by atoms with Crippen LogP contribution in [0.15, 0.2) is 72.8 Å². The number of aliphatic hydroxyl groups is 2. The summed E-state index contributed by atoms with van der Waals surface area (Å²) < 4.78 is 26.9. The van der Waals surface area contributed by atoms with Crippen molar-refractivity contribution in [3.05, 3.63) is 89.9 Å². The Labute approximate surface area is 300 Å². The average Bonchev–Trinajstić information content (AvgIpc) is 3.35. The fourth-order valence-electron chi connectivity index (χ4n) is 5.56. The molecule has 0 aliphatic rings. The molecule has 4 aromatic rings. The van der Waals surface area contributed by atoms with Crippen molar-refractivity contribution in [1.29, 1.82) is 0 Å². The molecule has 1 heterocycles. The molecule has 0 saturated heterocycles. The molecule has 1 amide bonds. The molecule has 2 unspecified atom stereocenters. The molecule has 3 aromatic carbocycles. The topological polar surface area (TPSA) is 130 Å². The molecular formula is C35H41CaFN2O7. The van der Waals surface area contributed by atoms with Crippen LogP contribution < -0.4 is 14.8 Å². The summed E-state index contributed by atoms with van der Waals surface area (Å²) >= 11 is 0. The molecule has 1 aromatic heterocycles. The predicted octanol–water partition coefficient (Wildman–Crippen LogP) is 6.18. The second-order valence-electron chi connectivity index (χ2n) is 11.1. The number of aliphatic hydroxyl groups excluding tert-OH is 2. The van der Waals surface area contributed by atoms with Gasteiger partial charge in [-0.1, -0.05) is 44.2 Å². The number of aliphatic carboxylic acids is 1. The van der Waals surface area contributed by atoms with Gasteiger partial charge in [0.1, 0.15) is 17.3 Å². The van der Waals surface area contributed by atoms with Crippen LogP contribution in [-0.2, 0) is 11.3 Å². The van der Waals surface area contributed by atoms with Crippen molar-refractivity contribution in [1.82, 2.24) is 4.57 Å². The molecule has 0 saturated carbocycles. The smallest absolute Gasteiger partial charge is 1.00 e. The van der Waals surface area contributed by atoms with Crippen molar-refractivity contribution in [2.75, 3.05) is 19.5 Å². The number of halogens is 1. The van der Waals surface area contributed by atoms with Crippen LogP contribution in [0.3, 0.4) is 0 Å². The number of rotatable bonds is 14. The largest absolute Gasteiger partial charge is 2.00 e. The van der Waals surface area contributed by atoms with Crippen LogP contribution in [0, 0.1) is 5.82 Å². The molecule has 0 aliphatic carbocycles. The number of carboxylic acids is 1. The summed E-state index contributed by atoms with van der Waals surface area (Å²) in [5, 5.41) is 32.9. The first-order valence-electron chi connectivity index (χ1n) is 14.7. The van der Waals surface area contributed by atoms with E-state index in [-0.39, 0.29) is 71.8 Å². The zero-order valence-electron chi connectivity index (χ0n) is 28.5. The Hall–Kier alpha value is -3.41. The van der Waals surface area contributed by atoms with Crippen molar-refractivity contribution >= 4 is 55.3 Å². The Morgan fingerprint density at radius 3 is 2.07 bits per heavy atom. The van der Waals surface area contributed by atoms with Crippen LogP contribution in [0.25, 0.3) is 22.4 Å². The molecule has 0 bridgehead atoms. The Kier molecular flexibility index (Phi) is 13.6. The van der Waals surface area contributed by atoms with Crippen molar-refractivity contribution in [2.45, 2.75) is 57.8 Å². The number of carbonyl (C=O) groups excluding carboxylic acids is 1. The van der Waals surface area contributed by atoms with Crippen LogP contribution in [0.1, 0.15) is 57.9 Å². The maximum atomic E-state index is 14.4. The number of hydrogen-bond donors (Lipinski definition) is 4. The maximum absolute atomic E-state index is 14.4. The van der Waals surface area contributed by atoms with E-state index in [4.69, 9.17) is 14.6 Å². The maximum Gasteiger partial charge on any atom is 2.00 e. The monoisotopic (exact) mass is 660 g/mol. The number of aromatic nitrogens is 1. The van der Waals surface area contributed by atoms with Crippen molar-refractivity contribution in [3.8, 4) is 33.9 Å². The molecule has 0 fully saturated rings. The third kappa shape index (κ3) is 9.10. The van der Waals surface area contributed by atoms with Gasteiger partial charge in [-0.2, -0.15) is 0 Å². The van der Waals surface area contributed by atoms with Gasteiger partial charge < -0.3 is 37.5 Å². The fraction of sp³-hybridized carbons (Fsp3) is 0.314. The van der Waals surface area contributed by atoms with Gasteiger partial charge in [-0.25, -0.2) is 4.39 Å². The molecule has 0 spiro atoms. The van der Waals surface area contributed by atoms with Crippen molar-refractivity contribution < 1.29 is 41.6 Å². The van der Waals surface area contributed by atoms with Gasteiger partial charge in [-0.05, 0) is 54.2 Å². The van der Waals surface area contributed by atoms with E-state index < -0.39 is 30.4 Å². The van der Waals surface area contributed by atoms with Gasteiger partial charge in [0.05, 0.1) is 44.1 Å². The van der Waals surface area contributed by atoms with E-state index in [1.807, 2.05) is 48.7 Å². The van der Waals surface area contributed by atoms with E-state index >= 15 is 0 Å². The van der Waals surface area contributed by atoms with Gasteiger partial charge in [-0.15, -0.1) is 0 Å². The van der Waals surface area contributed by atoms with E-state index in [1.54, 1.807) is 30.3 Å². The third-order valence-corrected chi connectivity index (χ3v) is 7.51. The summed E-state index contributed by atoms with van der Waals surface area (Å²) in [5.74, 6) is -1.11. The molecule has 0 aliphatic heterocycles. The third-order valence-electron chi connectivity index (χ3n) is 7.51. The van der Waals surface area contributed by atoms with Gasteiger partial charge in [-0.3, -0.25) is 9.59 Å². The quantitative estimate of drug-likeness (QED) is 0.119. The fourth-order valence-corrected chi connectivity index (χ4v) is 5.56. The van der Waals surface area contributed by atoms with Gasteiger partial charge in [0.2, 0.25) is 0 Å². The summed E-state index contributed by atoms with van der Waals surface area (Å²) in [7, 11) is 3.05. The molecular weight excluding hydrogens is 619 g/mol. The van der Waals surface area contributed by atoms with Gasteiger partial charge >= 0.3 is 43.7 Å². The van der Waals surface area contributed by atoms with E-state index in [0.29, 0.717) is 45.3 Å². The summed E-state index contributed by atoms with van der Waals surface area (Å²) in [6, 6.07) is 20.5. The van der Waals surface area contributed by atoms with Crippen LogP contribution in [0.2, 0.25) is 0 Å². The van der Waals surface area contributed by atoms with Crippen LogP contribution in [0.5, 0.6) is 11.5 Å². The minimum atomic E-state index is -1.20. The molecule has 4 rings (SSSR count). The minimum absolute atomic E-state index is 0. The number of nitrogens with zero attached hydrogens (tertiary/aromatic N) is 1. The van der Waals surface area contributed by atoms with Crippen molar-refractivity contribution in [2.24, 2.45) is 0 Å². The molecule has 4 N–H and O–H groups in total. The van der Waals surface area contributed by atoms with E-state index in [9.17, 15) is 24.2 Å². The molecule has 242 valence electrons. The number of amides is 1. The Morgan fingerprint density at radius 2 is 1.52 bits per heavy atom. The van der Waals surface area contributed by atoms with Gasteiger partial charge in [0.15, 0.2) is 0 Å². The van der Waals surface area contributed by atoms with Crippen LogP contribution in [0.4, 0.5) is 10.1 Å². The number of hydrogen-bond acceptors (Lipinski definition) is 6. The number of anilines is 1.